The molecule has 3 nitrogen and oxygen atoms in total. The SMILES string of the molecule is CCCNC(c1cnn(CC)c1)c1ccccc1Br. The predicted octanol–water partition coefficient (Wildman–Crippen LogP) is 3.75. The maximum atomic E-state index is 4.38. The monoisotopic (exact) mass is 321 g/mol. The molecular formula is C15H20BrN3. The Bertz CT molecular complexity index is 522. The molecule has 1 unspecified atom stereocenters. The Labute approximate surface area is 123 Å². The highest BCUT2D eigenvalue weighted by molar-refractivity contribution is 9.10. The molecule has 0 amide bonds. The van der Waals surface area contributed by atoms with Crippen LogP contribution in [0.1, 0.15) is 37.4 Å². The Morgan fingerprint density at radius 2 is 2.11 bits per heavy atom. The summed E-state index contributed by atoms with van der Waals surface area (Å²) in [5.41, 5.74) is 2.47. The lowest BCUT2D eigenvalue weighted by Crippen LogP contribution is -2.23. The van der Waals surface area contributed by atoms with E-state index in [1.807, 2.05) is 16.9 Å². The molecule has 2 aromatic rings. The van der Waals surface area contributed by atoms with Gasteiger partial charge >= 0.3 is 0 Å². The third kappa shape index (κ3) is 3.45. The van der Waals surface area contributed by atoms with E-state index >= 15 is 0 Å². The van der Waals surface area contributed by atoms with Gasteiger partial charge in [0.15, 0.2) is 0 Å². The van der Waals surface area contributed by atoms with Crippen molar-refractivity contribution < 1.29 is 0 Å². The fraction of sp³-hybridized carbons (Fsp3) is 0.400. The topological polar surface area (TPSA) is 29.9 Å². The average Bonchev–Trinajstić information content (AvgIpc) is 2.90. The molecule has 1 aromatic carbocycles. The van der Waals surface area contributed by atoms with Crippen molar-refractivity contribution in [3.05, 3.63) is 52.3 Å². The molecule has 0 saturated carbocycles. The lowest BCUT2D eigenvalue weighted by Gasteiger charge is -2.19. The standard InChI is InChI=1S/C15H20BrN3/c1-3-9-17-15(12-10-18-19(4-2)11-12)13-7-5-6-8-14(13)16/h5-8,10-11,15,17H,3-4,9H2,1-2H3. The van der Waals surface area contributed by atoms with Crippen LogP contribution in [0.5, 0.6) is 0 Å². The van der Waals surface area contributed by atoms with Crippen molar-refractivity contribution in [2.75, 3.05) is 6.54 Å². The second-order valence-corrected chi connectivity index (χ2v) is 5.39. The number of halogens is 1. The van der Waals surface area contributed by atoms with E-state index in [0.717, 1.165) is 24.0 Å². The molecule has 102 valence electrons. The van der Waals surface area contributed by atoms with Gasteiger partial charge in [-0.25, -0.2) is 0 Å². The van der Waals surface area contributed by atoms with Crippen LogP contribution in [0.15, 0.2) is 41.1 Å². The summed E-state index contributed by atoms with van der Waals surface area (Å²) in [7, 11) is 0. The van der Waals surface area contributed by atoms with Crippen LogP contribution in [-0.2, 0) is 6.54 Å². The predicted molar refractivity (Wildman–Crippen MR) is 82.2 cm³/mol. The zero-order chi connectivity index (χ0) is 13.7. The highest BCUT2D eigenvalue weighted by Gasteiger charge is 2.17. The number of nitrogens with one attached hydrogen (secondary N) is 1. The maximum Gasteiger partial charge on any atom is 0.0619 e. The van der Waals surface area contributed by atoms with Gasteiger partial charge in [-0.3, -0.25) is 4.68 Å². The molecule has 19 heavy (non-hydrogen) atoms. The van der Waals surface area contributed by atoms with Crippen LogP contribution in [0.4, 0.5) is 0 Å². The molecule has 0 aliphatic carbocycles. The highest BCUT2D eigenvalue weighted by Crippen LogP contribution is 2.28. The van der Waals surface area contributed by atoms with Gasteiger partial charge in [-0.05, 0) is 31.5 Å². The van der Waals surface area contributed by atoms with Crippen LogP contribution in [0, 0.1) is 0 Å². The van der Waals surface area contributed by atoms with E-state index in [-0.39, 0.29) is 6.04 Å². The van der Waals surface area contributed by atoms with Gasteiger partial charge in [-0.2, -0.15) is 5.10 Å². The summed E-state index contributed by atoms with van der Waals surface area (Å²) in [6, 6.07) is 8.54. The molecule has 4 heteroatoms. The summed E-state index contributed by atoms with van der Waals surface area (Å²) < 4.78 is 3.10. The maximum absolute atomic E-state index is 4.38. The third-order valence-electron chi connectivity index (χ3n) is 3.13. The van der Waals surface area contributed by atoms with Gasteiger partial charge in [0.05, 0.1) is 12.2 Å². The lowest BCUT2D eigenvalue weighted by molar-refractivity contribution is 0.594. The number of rotatable bonds is 6. The molecule has 1 atom stereocenters. The Morgan fingerprint density at radius 1 is 1.32 bits per heavy atom. The van der Waals surface area contributed by atoms with Crippen LogP contribution in [0.25, 0.3) is 0 Å². The molecule has 0 radical (unpaired) electrons. The van der Waals surface area contributed by atoms with E-state index < -0.39 is 0 Å². The third-order valence-corrected chi connectivity index (χ3v) is 3.85. The molecule has 0 bridgehead atoms. The Balaban J connectivity index is 2.32. The summed E-state index contributed by atoms with van der Waals surface area (Å²) in [6.07, 6.45) is 5.19. The largest absolute Gasteiger partial charge is 0.306 e. The molecule has 1 aromatic heterocycles. The average molecular weight is 322 g/mol. The van der Waals surface area contributed by atoms with Crippen LogP contribution in [-0.4, -0.2) is 16.3 Å². The van der Waals surface area contributed by atoms with Crippen molar-refractivity contribution >= 4 is 15.9 Å². The molecular weight excluding hydrogens is 302 g/mol. The van der Waals surface area contributed by atoms with Gasteiger partial charge in [0, 0.05) is 22.8 Å². The number of nitrogens with zero attached hydrogens (tertiary/aromatic N) is 2. The van der Waals surface area contributed by atoms with E-state index in [9.17, 15) is 0 Å². The van der Waals surface area contributed by atoms with Crippen LogP contribution in [0.3, 0.4) is 0 Å². The van der Waals surface area contributed by atoms with Crippen molar-refractivity contribution in [2.45, 2.75) is 32.9 Å². The first kappa shape index (κ1) is 14.3. The van der Waals surface area contributed by atoms with Gasteiger partial charge in [0.1, 0.15) is 0 Å². The number of aryl methyl sites for hydroxylation is 1. The zero-order valence-corrected chi connectivity index (χ0v) is 13.0. The molecule has 1 heterocycles. The van der Waals surface area contributed by atoms with E-state index in [0.29, 0.717) is 0 Å². The summed E-state index contributed by atoms with van der Waals surface area (Å²) >= 11 is 3.64. The van der Waals surface area contributed by atoms with Gasteiger partial charge in [-0.15, -0.1) is 0 Å². The number of aromatic nitrogens is 2. The minimum atomic E-state index is 0.191. The summed E-state index contributed by atoms with van der Waals surface area (Å²) in [6.45, 7) is 6.17. The first-order valence-electron chi connectivity index (χ1n) is 6.76. The van der Waals surface area contributed by atoms with Crippen LogP contribution < -0.4 is 5.32 Å². The van der Waals surface area contributed by atoms with Crippen molar-refractivity contribution in [3.63, 3.8) is 0 Å². The number of benzene rings is 1. The summed E-state index contributed by atoms with van der Waals surface area (Å²) in [4.78, 5) is 0. The molecule has 2 rings (SSSR count). The summed E-state index contributed by atoms with van der Waals surface area (Å²) in [5, 5.41) is 7.98. The van der Waals surface area contributed by atoms with Gasteiger partial charge in [-0.1, -0.05) is 41.1 Å². The molecule has 0 saturated heterocycles. The van der Waals surface area contributed by atoms with Crippen molar-refractivity contribution in [1.29, 1.82) is 0 Å². The number of hydrogen-bond acceptors (Lipinski definition) is 2. The van der Waals surface area contributed by atoms with E-state index in [1.54, 1.807) is 0 Å². The Morgan fingerprint density at radius 3 is 2.74 bits per heavy atom. The smallest absolute Gasteiger partial charge is 0.0619 e. The fourth-order valence-corrected chi connectivity index (χ4v) is 2.62. The first-order valence-corrected chi connectivity index (χ1v) is 7.55. The minimum Gasteiger partial charge on any atom is -0.306 e. The molecule has 0 spiro atoms. The summed E-state index contributed by atoms with van der Waals surface area (Å²) in [5.74, 6) is 0. The first-order chi connectivity index (χ1) is 9.26. The minimum absolute atomic E-state index is 0.191. The van der Waals surface area contributed by atoms with E-state index in [4.69, 9.17) is 0 Å². The van der Waals surface area contributed by atoms with Gasteiger partial charge in [0.2, 0.25) is 0 Å². The lowest BCUT2D eigenvalue weighted by atomic mass is 10.0. The highest BCUT2D eigenvalue weighted by atomic mass is 79.9. The van der Waals surface area contributed by atoms with Crippen molar-refractivity contribution in [1.82, 2.24) is 15.1 Å². The number of hydrogen-bond donors (Lipinski definition) is 1. The molecule has 0 aliphatic heterocycles. The second kappa shape index (κ2) is 6.87. The van der Waals surface area contributed by atoms with Gasteiger partial charge in [0.25, 0.3) is 0 Å². The molecule has 0 aliphatic rings. The quantitative estimate of drug-likeness (QED) is 0.878. The Kier molecular flexibility index (Phi) is 5.16. The zero-order valence-electron chi connectivity index (χ0n) is 11.4. The van der Waals surface area contributed by atoms with Crippen LogP contribution >= 0.6 is 15.9 Å². The van der Waals surface area contributed by atoms with Crippen molar-refractivity contribution in [3.8, 4) is 0 Å². The Hall–Kier alpha value is -1.13. The van der Waals surface area contributed by atoms with Crippen LogP contribution in [0.2, 0.25) is 0 Å². The molecule has 0 fully saturated rings. The van der Waals surface area contributed by atoms with E-state index in [2.05, 4.69) is 64.6 Å². The second-order valence-electron chi connectivity index (χ2n) is 4.54. The van der Waals surface area contributed by atoms with Crippen molar-refractivity contribution in [2.24, 2.45) is 0 Å². The fourth-order valence-electron chi connectivity index (χ4n) is 2.11. The van der Waals surface area contributed by atoms with E-state index in [1.165, 1.54) is 11.1 Å². The molecule has 1 N–H and O–H groups in total. The van der Waals surface area contributed by atoms with Gasteiger partial charge < -0.3 is 5.32 Å². The normalized spacial score (nSPS) is 12.6.